The van der Waals surface area contributed by atoms with Crippen LogP contribution in [-0.2, 0) is 0 Å². The van der Waals surface area contributed by atoms with E-state index in [1.165, 1.54) is 11.3 Å². The third-order valence-corrected chi connectivity index (χ3v) is 4.98. The van der Waals surface area contributed by atoms with E-state index in [4.69, 9.17) is 21.1 Å². The number of benzene rings is 1. The number of ether oxygens (including phenoxy) is 2. The van der Waals surface area contributed by atoms with Crippen LogP contribution < -0.4 is 20.1 Å². The van der Waals surface area contributed by atoms with E-state index >= 15 is 0 Å². The average Bonchev–Trinajstić information content (AvgIpc) is 3.10. The monoisotopic (exact) mass is 539 g/mol. The molecule has 0 saturated carbocycles. The Morgan fingerprint density at radius 3 is 2.54 bits per heavy atom. The summed E-state index contributed by atoms with van der Waals surface area (Å²) in [6, 6.07) is 11.1. The lowest BCUT2D eigenvalue weighted by molar-refractivity contribution is 0.190. The number of para-hydroxylation sites is 2. The smallest absolute Gasteiger partial charge is 0.191 e. The molecule has 0 bridgehead atoms. The first-order valence-corrected chi connectivity index (χ1v) is 9.98. The van der Waals surface area contributed by atoms with Crippen LogP contribution in [0.25, 0.3) is 0 Å². The number of aliphatic hydroxyl groups is 1. The van der Waals surface area contributed by atoms with Gasteiger partial charge in [-0.25, -0.2) is 0 Å². The van der Waals surface area contributed by atoms with Gasteiger partial charge in [-0.2, -0.15) is 0 Å². The highest BCUT2D eigenvalue weighted by molar-refractivity contribution is 14.0. The molecule has 2 unspecified atom stereocenters. The van der Waals surface area contributed by atoms with Gasteiger partial charge in [-0.05, 0) is 38.1 Å². The van der Waals surface area contributed by atoms with E-state index in [0.29, 0.717) is 34.9 Å². The van der Waals surface area contributed by atoms with Crippen LogP contribution in [0.15, 0.2) is 41.4 Å². The molecule has 0 aliphatic rings. The molecule has 0 aliphatic heterocycles. The second kappa shape index (κ2) is 13.1. The first-order valence-electron chi connectivity index (χ1n) is 8.78. The number of aliphatic imine (C=N–C) groups is 1. The number of methoxy groups -OCH3 is 1. The van der Waals surface area contributed by atoms with Crippen LogP contribution in [-0.4, -0.2) is 43.9 Å². The van der Waals surface area contributed by atoms with Crippen molar-refractivity contribution < 1.29 is 14.6 Å². The van der Waals surface area contributed by atoms with E-state index in [-0.39, 0.29) is 36.6 Å². The summed E-state index contributed by atoms with van der Waals surface area (Å²) in [6.45, 7) is 5.46. The molecule has 0 amide bonds. The Bertz CT molecular complexity index is 745. The number of hydrogen-bond acceptors (Lipinski definition) is 5. The molecule has 1 heterocycles. The van der Waals surface area contributed by atoms with Gasteiger partial charge in [0.05, 0.1) is 24.5 Å². The van der Waals surface area contributed by atoms with Gasteiger partial charge in [0.1, 0.15) is 12.2 Å². The van der Waals surface area contributed by atoms with Gasteiger partial charge in [-0.15, -0.1) is 35.3 Å². The first-order chi connectivity index (χ1) is 13.0. The van der Waals surface area contributed by atoms with E-state index in [1.807, 2.05) is 44.2 Å². The van der Waals surface area contributed by atoms with Crippen molar-refractivity contribution in [1.82, 2.24) is 10.6 Å². The van der Waals surface area contributed by atoms with Crippen molar-refractivity contribution in [3.63, 3.8) is 0 Å². The Kier molecular flexibility index (Phi) is 11.6. The van der Waals surface area contributed by atoms with Gasteiger partial charge < -0.3 is 25.2 Å². The minimum Gasteiger partial charge on any atom is -0.493 e. The molecule has 6 nitrogen and oxygen atoms in total. The number of nitrogens with one attached hydrogen (secondary N) is 2. The highest BCUT2D eigenvalue weighted by Gasteiger charge is 2.12. The Morgan fingerprint density at radius 1 is 1.21 bits per heavy atom. The summed E-state index contributed by atoms with van der Waals surface area (Å²) >= 11 is 7.27. The van der Waals surface area contributed by atoms with E-state index in [1.54, 1.807) is 13.2 Å². The molecule has 9 heteroatoms. The van der Waals surface area contributed by atoms with Gasteiger partial charge >= 0.3 is 0 Å². The van der Waals surface area contributed by atoms with Gasteiger partial charge in [0.25, 0.3) is 0 Å². The van der Waals surface area contributed by atoms with Gasteiger partial charge in [0.2, 0.25) is 0 Å². The fourth-order valence-electron chi connectivity index (χ4n) is 2.33. The topological polar surface area (TPSA) is 75.1 Å². The van der Waals surface area contributed by atoms with Crippen molar-refractivity contribution in [2.24, 2.45) is 4.99 Å². The molecule has 3 N–H and O–H groups in total. The maximum atomic E-state index is 10.2. The van der Waals surface area contributed by atoms with Crippen LogP contribution in [0.1, 0.15) is 24.8 Å². The molecule has 0 aliphatic carbocycles. The molecular weight excluding hydrogens is 513 g/mol. The Morgan fingerprint density at radius 2 is 1.93 bits per heavy atom. The number of hydrogen-bond donors (Lipinski definition) is 3. The van der Waals surface area contributed by atoms with Crippen molar-refractivity contribution in [1.29, 1.82) is 0 Å². The van der Waals surface area contributed by atoms with E-state index in [2.05, 4.69) is 15.6 Å². The number of nitrogens with zero attached hydrogens (tertiary/aromatic N) is 1. The van der Waals surface area contributed by atoms with Crippen molar-refractivity contribution in [3.05, 3.63) is 45.6 Å². The second-order valence-electron chi connectivity index (χ2n) is 5.84. The third-order valence-electron chi connectivity index (χ3n) is 3.64. The van der Waals surface area contributed by atoms with Gasteiger partial charge in [0, 0.05) is 11.4 Å². The highest BCUT2D eigenvalue weighted by Crippen LogP contribution is 2.27. The summed E-state index contributed by atoms with van der Waals surface area (Å²) in [5.74, 6) is 2.01. The summed E-state index contributed by atoms with van der Waals surface area (Å²) in [5, 5.41) is 16.6. The maximum Gasteiger partial charge on any atom is 0.191 e. The van der Waals surface area contributed by atoms with Crippen molar-refractivity contribution in [2.45, 2.75) is 26.1 Å². The quantitative estimate of drug-likeness (QED) is 0.254. The Balaban J connectivity index is 0.00000392. The number of aliphatic hydroxyl groups excluding tert-OH is 1. The molecule has 2 rings (SSSR count). The van der Waals surface area contributed by atoms with Crippen LogP contribution in [0.2, 0.25) is 4.34 Å². The minimum atomic E-state index is -0.680. The van der Waals surface area contributed by atoms with Gasteiger partial charge in [-0.1, -0.05) is 23.7 Å². The van der Waals surface area contributed by atoms with Gasteiger partial charge in [0.15, 0.2) is 17.5 Å². The zero-order valence-electron chi connectivity index (χ0n) is 16.1. The van der Waals surface area contributed by atoms with Gasteiger partial charge in [-0.3, -0.25) is 4.99 Å². The third kappa shape index (κ3) is 8.02. The lowest BCUT2D eigenvalue weighted by Gasteiger charge is -2.19. The fourth-order valence-corrected chi connectivity index (χ4v) is 3.37. The van der Waals surface area contributed by atoms with Crippen molar-refractivity contribution in [2.75, 3.05) is 26.7 Å². The summed E-state index contributed by atoms with van der Waals surface area (Å²) < 4.78 is 11.9. The lowest BCUT2D eigenvalue weighted by atomic mass is 10.3. The zero-order valence-corrected chi connectivity index (χ0v) is 20.0. The molecule has 2 atom stereocenters. The van der Waals surface area contributed by atoms with Crippen LogP contribution in [0.5, 0.6) is 11.5 Å². The predicted molar refractivity (Wildman–Crippen MR) is 127 cm³/mol. The van der Waals surface area contributed by atoms with E-state index < -0.39 is 6.10 Å². The molecular formula is C19H27ClIN3O3S. The normalized spacial score (nSPS) is 13.2. The molecule has 28 heavy (non-hydrogen) atoms. The van der Waals surface area contributed by atoms with Crippen LogP contribution in [0.4, 0.5) is 0 Å². The second-order valence-corrected chi connectivity index (χ2v) is 7.58. The van der Waals surface area contributed by atoms with Crippen molar-refractivity contribution in [3.8, 4) is 11.5 Å². The minimum absolute atomic E-state index is 0. The van der Waals surface area contributed by atoms with Crippen LogP contribution in [0, 0.1) is 0 Å². The zero-order chi connectivity index (χ0) is 19.6. The molecule has 0 saturated heterocycles. The standard InChI is InChI=1S/C19H26ClN3O3S.HI/c1-4-21-19(23-12-14(24)17-9-10-18(20)27-17)22-11-13(2)26-16-8-6-5-7-15(16)25-3;/h5-10,13-14,24H,4,11-12H2,1-3H3,(H2,21,22,23);1H. The summed E-state index contributed by atoms with van der Waals surface area (Å²) in [6.07, 6.45) is -0.786. The SMILES string of the molecule is CCNC(=NCC(O)c1ccc(Cl)s1)NCC(C)Oc1ccccc1OC.I. The molecule has 0 spiro atoms. The number of thiophene rings is 1. The Hall–Kier alpha value is -1.23. The summed E-state index contributed by atoms with van der Waals surface area (Å²) in [7, 11) is 1.62. The molecule has 1 aromatic heterocycles. The lowest BCUT2D eigenvalue weighted by Crippen LogP contribution is -2.42. The predicted octanol–water partition coefficient (Wildman–Crippen LogP) is 4.08. The van der Waals surface area contributed by atoms with E-state index in [9.17, 15) is 5.11 Å². The molecule has 156 valence electrons. The van der Waals surface area contributed by atoms with E-state index in [0.717, 1.165) is 4.88 Å². The molecule has 1 aromatic carbocycles. The largest absolute Gasteiger partial charge is 0.493 e. The first kappa shape index (κ1) is 24.8. The van der Waals surface area contributed by atoms with Crippen LogP contribution >= 0.6 is 46.9 Å². The highest BCUT2D eigenvalue weighted by atomic mass is 127. The fraction of sp³-hybridized carbons (Fsp3) is 0.421. The number of rotatable bonds is 9. The number of halogens is 2. The average molecular weight is 540 g/mol. The summed E-state index contributed by atoms with van der Waals surface area (Å²) in [4.78, 5) is 5.24. The molecule has 2 aromatic rings. The number of guanidine groups is 1. The molecule has 0 fully saturated rings. The maximum absolute atomic E-state index is 10.2. The van der Waals surface area contributed by atoms with Crippen LogP contribution in [0.3, 0.4) is 0 Å². The summed E-state index contributed by atoms with van der Waals surface area (Å²) in [5.41, 5.74) is 0. The molecule has 0 radical (unpaired) electrons. The van der Waals surface area contributed by atoms with Crippen molar-refractivity contribution >= 4 is 52.9 Å². The Labute approximate surface area is 192 Å².